The molecule has 2 heteroatoms. The molecule has 0 aliphatic rings. The van der Waals surface area contributed by atoms with Crippen LogP contribution in [0.3, 0.4) is 0 Å². The SMILES string of the molecule is CC(O)c1ccc(C(=O)C(C)(C)C)cc1. The molecule has 0 radical (unpaired) electrons. The number of rotatable bonds is 2. The summed E-state index contributed by atoms with van der Waals surface area (Å²) in [5.74, 6) is 0.125. The Hall–Kier alpha value is -1.15. The Morgan fingerprint density at radius 1 is 1.20 bits per heavy atom. The van der Waals surface area contributed by atoms with Crippen LogP contribution in [0, 0.1) is 5.41 Å². The van der Waals surface area contributed by atoms with E-state index in [0.717, 1.165) is 5.56 Å². The summed E-state index contributed by atoms with van der Waals surface area (Å²) in [5.41, 5.74) is 1.18. The largest absolute Gasteiger partial charge is 0.389 e. The molecule has 15 heavy (non-hydrogen) atoms. The molecule has 0 fully saturated rings. The molecule has 1 rings (SSSR count). The first kappa shape index (κ1) is 11.9. The number of hydrogen-bond acceptors (Lipinski definition) is 2. The van der Waals surface area contributed by atoms with Crippen LogP contribution in [-0.2, 0) is 0 Å². The predicted octanol–water partition coefficient (Wildman–Crippen LogP) is 2.97. The molecule has 0 saturated heterocycles. The van der Waals surface area contributed by atoms with Crippen molar-refractivity contribution in [3.8, 4) is 0 Å². The van der Waals surface area contributed by atoms with Crippen molar-refractivity contribution in [1.82, 2.24) is 0 Å². The van der Waals surface area contributed by atoms with E-state index in [2.05, 4.69) is 0 Å². The van der Waals surface area contributed by atoms with Crippen molar-refractivity contribution in [3.05, 3.63) is 35.4 Å². The number of benzene rings is 1. The second-order valence-electron chi connectivity index (χ2n) is 4.88. The van der Waals surface area contributed by atoms with Crippen LogP contribution in [0.25, 0.3) is 0 Å². The van der Waals surface area contributed by atoms with Gasteiger partial charge in [-0.3, -0.25) is 4.79 Å². The normalized spacial score (nSPS) is 13.7. The number of hydrogen-bond donors (Lipinski definition) is 1. The Morgan fingerprint density at radius 3 is 2.00 bits per heavy atom. The van der Waals surface area contributed by atoms with Gasteiger partial charge in [0.15, 0.2) is 5.78 Å². The Bertz CT molecular complexity index is 342. The minimum Gasteiger partial charge on any atom is -0.389 e. The van der Waals surface area contributed by atoms with E-state index < -0.39 is 6.10 Å². The maximum atomic E-state index is 11.9. The fourth-order valence-corrected chi connectivity index (χ4v) is 1.35. The lowest BCUT2D eigenvalue weighted by Crippen LogP contribution is -2.20. The van der Waals surface area contributed by atoms with Crippen molar-refractivity contribution in [3.63, 3.8) is 0 Å². The highest BCUT2D eigenvalue weighted by Gasteiger charge is 2.22. The number of Topliss-reactive ketones (excluding diaryl/α,β-unsaturated/α-hetero) is 1. The van der Waals surface area contributed by atoms with Gasteiger partial charge in [0.05, 0.1) is 6.10 Å². The summed E-state index contributed by atoms with van der Waals surface area (Å²) in [6.45, 7) is 7.41. The zero-order chi connectivity index (χ0) is 11.6. The summed E-state index contributed by atoms with van der Waals surface area (Å²) < 4.78 is 0. The molecule has 2 nitrogen and oxygen atoms in total. The van der Waals surface area contributed by atoms with Crippen molar-refractivity contribution in [2.24, 2.45) is 5.41 Å². The predicted molar refractivity (Wildman–Crippen MR) is 60.9 cm³/mol. The number of ketones is 1. The summed E-state index contributed by atoms with van der Waals surface area (Å²) in [7, 11) is 0. The first-order valence-electron chi connectivity index (χ1n) is 5.15. The van der Waals surface area contributed by atoms with Crippen LogP contribution < -0.4 is 0 Å². The minimum absolute atomic E-state index is 0.125. The van der Waals surface area contributed by atoms with Gasteiger partial charge in [-0.05, 0) is 12.5 Å². The van der Waals surface area contributed by atoms with E-state index in [-0.39, 0.29) is 11.2 Å². The number of carbonyl (C=O) groups excluding carboxylic acids is 1. The highest BCUT2D eigenvalue weighted by Crippen LogP contribution is 2.22. The van der Waals surface area contributed by atoms with Crippen molar-refractivity contribution in [2.45, 2.75) is 33.8 Å². The topological polar surface area (TPSA) is 37.3 Å². The molecule has 0 aromatic heterocycles. The summed E-state index contributed by atoms with van der Waals surface area (Å²) in [4.78, 5) is 11.9. The van der Waals surface area contributed by atoms with Gasteiger partial charge in [-0.25, -0.2) is 0 Å². The van der Waals surface area contributed by atoms with Gasteiger partial charge in [-0.2, -0.15) is 0 Å². The van der Waals surface area contributed by atoms with Gasteiger partial charge in [0, 0.05) is 11.0 Å². The molecule has 82 valence electrons. The molecular formula is C13H18O2. The molecule has 0 spiro atoms. The van der Waals surface area contributed by atoms with E-state index in [1.165, 1.54) is 0 Å². The summed E-state index contributed by atoms with van der Waals surface area (Å²) in [6, 6.07) is 7.14. The average molecular weight is 206 g/mol. The van der Waals surface area contributed by atoms with E-state index in [4.69, 9.17) is 0 Å². The van der Waals surface area contributed by atoms with E-state index in [1.54, 1.807) is 31.2 Å². The third-order valence-electron chi connectivity index (χ3n) is 2.34. The Labute approximate surface area is 90.9 Å². The van der Waals surface area contributed by atoms with Crippen molar-refractivity contribution >= 4 is 5.78 Å². The molecule has 0 amide bonds. The molecule has 0 aliphatic heterocycles. The van der Waals surface area contributed by atoms with Gasteiger partial charge in [0.25, 0.3) is 0 Å². The maximum Gasteiger partial charge on any atom is 0.168 e. The monoisotopic (exact) mass is 206 g/mol. The highest BCUT2D eigenvalue weighted by atomic mass is 16.3. The average Bonchev–Trinajstić information content (AvgIpc) is 2.15. The van der Waals surface area contributed by atoms with Crippen LogP contribution in [0.15, 0.2) is 24.3 Å². The molecule has 1 aromatic rings. The first-order chi connectivity index (χ1) is 6.82. The number of aliphatic hydroxyl groups is 1. The lowest BCUT2D eigenvalue weighted by molar-refractivity contribution is 0.0858. The minimum atomic E-state index is -0.483. The van der Waals surface area contributed by atoms with Crippen LogP contribution in [0.5, 0.6) is 0 Å². The lowest BCUT2D eigenvalue weighted by atomic mass is 9.86. The van der Waals surface area contributed by atoms with Gasteiger partial charge in [0.2, 0.25) is 0 Å². The van der Waals surface area contributed by atoms with Gasteiger partial charge < -0.3 is 5.11 Å². The number of aliphatic hydroxyl groups excluding tert-OH is 1. The van der Waals surface area contributed by atoms with E-state index in [9.17, 15) is 9.90 Å². The second-order valence-corrected chi connectivity index (χ2v) is 4.88. The Balaban J connectivity index is 2.95. The molecule has 0 saturated carbocycles. The number of carbonyl (C=O) groups is 1. The van der Waals surface area contributed by atoms with Crippen molar-refractivity contribution in [1.29, 1.82) is 0 Å². The second kappa shape index (κ2) is 4.15. The van der Waals surface area contributed by atoms with E-state index in [1.807, 2.05) is 20.8 Å². The van der Waals surface area contributed by atoms with Crippen molar-refractivity contribution in [2.75, 3.05) is 0 Å². The van der Waals surface area contributed by atoms with Crippen molar-refractivity contribution < 1.29 is 9.90 Å². The maximum absolute atomic E-state index is 11.9. The van der Waals surface area contributed by atoms with Gasteiger partial charge in [0.1, 0.15) is 0 Å². The molecule has 0 bridgehead atoms. The Kier molecular flexibility index (Phi) is 3.30. The van der Waals surface area contributed by atoms with Gasteiger partial charge >= 0.3 is 0 Å². The third-order valence-corrected chi connectivity index (χ3v) is 2.34. The van der Waals surface area contributed by atoms with Crippen LogP contribution in [-0.4, -0.2) is 10.9 Å². The summed E-state index contributed by atoms with van der Waals surface area (Å²) in [5, 5.41) is 9.33. The Morgan fingerprint density at radius 2 is 1.67 bits per heavy atom. The van der Waals surface area contributed by atoms with E-state index in [0.29, 0.717) is 5.56 Å². The molecule has 1 atom stereocenters. The first-order valence-corrected chi connectivity index (χ1v) is 5.15. The molecule has 0 aliphatic carbocycles. The van der Waals surface area contributed by atoms with Gasteiger partial charge in [-0.1, -0.05) is 45.0 Å². The molecule has 1 unspecified atom stereocenters. The molecule has 0 heterocycles. The van der Waals surface area contributed by atoms with E-state index >= 15 is 0 Å². The third kappa shape index (κ3) is 2.90. The summed E-state index contributed by atoms with van der Waals surface area (Å²) in [6.07, 6.45) is -0.483. The van der Waals surface area contributed by atoms with Crippen LogP contribution >= 0.6 is 0 Å². The standard InChI is InChI=1S/C13H18O2/c1-9(14)10-5-7-11(8-6-10)12(15)13(2,3)4/h5-9,14H,1-4H3. The van der Waals surface area contributed by atoms with Crippen LogP contribution in [0.4, 0.5) is 0 Å². The molecule has 1 aromatic carbocycles. The molecule has 1 N–H and O–H groups in total. The zero-order valence-electron chi connectivity index (χ0n) is 9.74. The fourth-order valence-electron chi connectivity index (χ4n) is 1.35. The lowest BCUT2D eigenvalue weighted by Gasteiger charge is -2.16. The highest BCUT2D eigenvalue weighted by molar-refractivity contribution is 5.99. The van der Waals surface area contributed by atoms with Gasteiger partial charge in [-0.15, -0.1) is 0 Å². The van der Waals surface area contributed by atoms with Crippen LogP contribution in [0.1, 0.15) is 49.7 Å². The smallest absolute Gasteiger partial charge is 0.168 e. The summed E-state index contributed by atoms with van der Waals surface area (Å²) >= 11 is 0. The fraction of sp³-hybridized carbons (Fsp3) is 0.462. The quantitative estimate of drug-likeness (QED) is 0.755. The van der Waals surface area contributed by atoms with Crippen LogP contribution in [0.2, 0.25) is 0 Å². The molecular weight excluding hydrogens is 188 g/mol. The zero-order valence-corrected chi connectivity index (χ0v) is 9.74.